The van der Waals surface area contributed by atoms with Crippen molar-refractivity contribution in [1.82, 2.24) is 14.9 Å². The number of nitrogens with zero attached hydrogens (tertiary/aromatic N) is 2. The normalized spacial score (nSPS) is 11.9. The molecule has 156 valence electrons. The van der Waals surface area contributed by atoms with Gasteiger partial charge in [-0.15, -0.1) is 0 Å². The van der Waals surface area contributed by atoms with Crippen molar-refractivity contribution in [3.63, 3.8) is 0 Å². The first-order valence-corrected chi connectivity index (χ1v) is 11.1. The Bertz CT molecular complexity index is 1240. The predicted molar refractivity (Wildman–Crippen MR) is 125 cm³/mol. The maximum atomic E-state index is 13.2. The van der Waals surface area contributed by atoms with Gasteiger partial charge in [0, 0.05) is 0 Å². The molecule has 0 radical (unpaired) electrons. The van der Waals surface area contributed by atoms with E-state index in [-0.39, 0.29) is 23.3 Å². The summed E-state index contributed by atoms with van der Waals surface area (Å²) in [6, 6.07) is 26.8. The van der Waals surface area contributed by atoms with Crippen LogP contribution < -0.4 is 10.9 Å². The van der Waals surface area contributed by atoms with E-state index in [2.05, 4.69) is 10.3 Å². The van der Waals surface area contributed by atoms with Crippen LogP contribution in [-0.4, -0.2) is 21.2 Å². The summed E-state index contributed by atoms with van der Waals surface area (Å²) in [4.78, 5) is 30.4. The molecule has 0 bridgehead atoms. The first-order valence-electron chi connectivity index (χ1n) is 10.1. The summed E-state index contributed by atoms with van der Waals surface area (Å²) in [5.74, 6) is 0.0755. The van der Waals surface area contributed by atoms with Crippen LogP contribution in [-0.2, 0) is 11.3 Å². The van der Waals surface area contributed by atoms with Crippen molar-refractivity contribution in [2.75, 3.05) is 5.75 Å². The lowest BCUT2D eigenvalue weighted by atomic mass is 10.1. The topological polar surface area (TPSA) is 64.0 Å². The van der Waals surface area contributed by atoms with E-state index in [4.69, 9.17) is 0 Å². The van der Waals surface area contributed by atoms with E-state index in [1.54, 1.807) is 10.6 Å². The van der Waals surface area contributed by atoms with Crippen molar-refractivity contribution in [1.29, 1.82) is 0 Å². The molecule has 5 nitrogen and oxygen atoms in total. The fourth-order valence-corrected chi connectivity index (χ4v) is 4.21. The molecular weight excluding hydrogens is 406 g/mol. The van der Waals surface area contributed by atoms with Crippen molar-refractivity contribution < 1.29 is 4.79 Å². The Hall–Kier alpha value is -3.38. The Morgan fingerprint density at radius 3 is 2.35 bits per heavy atom. The third-order valence-corrected chi connectivity index (χ3v) is 6.00. The highest BCUT2D eigenvalue weighted by atomic mass is 32.2. The molecule has 1 atom stereocenters. The summed E-state index contributed by atoms with van der Waals surface area (Å²) in [5.41, 5.74) is 2.59. The van der Waals surface area contributed by atoms with E-state index in [1.807, 2.05) is 85.8 Å². The fraction of sp³-hybridized carbons (Fsp3) is 0.160. The van der Waals surface area contributed by atoms with Crippen LogP contribution in [0.2, 0.25) is 0 Å². The quantitative estimate of drug-likeness (QED) is 0.349. The Balaban J connectivity index is 1.56. The minimum Gasteiger partial charge on any atom is -0.349 e. The minimum absolute atomic E-state index is 0.0922. The molecule has 0 fully saturated rings. The molecule has 3 aromatic carbocycles. The molecule has 0 saturated carbocycles. The van der Waals surface area contributed by atoms with E-state index in [0.29, 0.717) is 22.6 Å². The number of rotatable bonds is 7. The second-order valence-corrected chi connectivity index (χ2v) is 8.22. The molecule has 0 saturated heterocycles. The Morgan fingerprint density at radius 1 is 0.968 bits per heavy atom. The molecule has 0 unspecified atom stereocenters. The van der Waals surface area contributed by atoms with E-state index >= 15 is 0 Å². The van der Waals surface area contributed by atoms with E-state index in [9.17, 15) is 9.59 Å². The van der Waals surface area contributed by atoms with Crippen LogP contribution >= 0.6 is 11.8 Å². The molecule has 1 amide bonds. The van der Waals surface area contributed by atoms with Crippen molar-refractivity contribution >= 4 is 28.6 Å². The SMILES string of the molecule is C[C@H](NC(=O)CSc1nc2ccccc2c(=O)n1Cc1ccccc1)c1ccccc1. The van der Waals surface area contributed by atoms with Crippen molar-refractivity contribution in [2.24, 2.45) is 0 Å². The lowest BCUT2D eigenvalue weighted by Gasteiger charge is -2.15. The number of hydrogen-bond donors (Lipinski definition) is 1. The van der Waals surface area contributed by atoms with Gasteiger partial charge in [-0.25, -0.2) is 4.98 Å². The molecule has 0 aliphatic carbocycles. The van der Waals surface area contributed by atoms with Gasteiger partial charge in [-0.2, -0.15) is 0 Å². The first kappa shape index (κ1) is 20.9. The maximum absolute atomic E-state index is 13.2. The molecule has 1 heterocycles. The number of para-hydroxylation sites is 1. The van der Waals surface area contributed by atoms with Gasteiger partial charge in [0.15, 0.2) is 5.16 Å². The van der Waals surface area contributed by atoms with Gasteiger partial charge in [-0.1, -0.05) is 84.6 Å². The van der Waals surface area contributed by atoms with E-state index < -0.39 is 0 Å². The van der Waals surface area contributed by atoms with Gasteiger partial charge in [0.05, 0.1) is 29.2 Å². The summed E-state index contributed by atoms with van der Waals surface area (Å²) in [6.45, 7) is 2.36. The highest BCUT2D eigenvalue weighted by Crippen LogP contribution is 2.19. The lowest BCUT2D eigenvalue weighted by molar-refractivity contribution is -0.119. The van der Waals surface area contributed by atoms with Crippen LogP contribution in [0, 0.1) is 0 Å². The Labute approximate surface area is 185 Å². The smallest absolute Gasteiger partial charge is 0.262 e. The molecule has 4 rings (SSSR count). The zero-order chi connectivity index (χ0) is 21.6. The van der Waals surface area contributed by atoms with E-state index in [1.165, 1.54) is 11.8 Å². The van der Waals surface area contributed by atoms with Crippen molar-refractivity contribution in [3.8, 4) is 0 Å². The predicted octanol–water partition coefficient (Wildman–Crippen LogP) is 4.41. The van der Waals surface area contributed by atoms with Gasteiger partial charge in [0.2, 0.25) is 5.91 Å². The molecule has 4 aromatic rings. The molecule has 6 heteroatoms. The molecule has 1 aromatic heterocycles. The van der Waals surface area contributed by atoms with Gasteiger partial charge in [-0.3, -0.25) is 14.2 Å². The van der Waals surface area contributed by atoms with Crippen LogP contribution in [0.25, 0.3) is 10.9 Å². The number of nitrogens with one attached hydrogen (secondary N) is 1. The highest BCUT2D eigenvalue weighted by Gasteiger charge is 2.15. The molecule has 31 heavy (non-hydrogen) atoms. The second kappa shape index (κ2) is 9.62. The maximum Gasteiger partial charge on any atom is 0.262 e. The number of amides is 1. The van der Waals surface area contributed by atoms with E-state index in [0.717, 1.165) is 11.1 Å². The number of benzene rings is 3. The third-order valence-electron chi connectivity index (χ3n) is 5.02. The average molecular weight is 430 g/mol. The summed E-state index contributed by atoms with van der Waals surface area (Å²) in [5, 5.41) is 4.12. The number of thioether (sulfide) groups is 1. The number of aromatic nitrogens is 2. The van der Waals surface area contributed by atoms with Gasteiger partial charge < -0.3 is 5.32 Å². The standard InChI is InChI=1S/C25H23N3O2S/c1-18(20-12-6-3-7-13-20)26-23(29)17-31-25-27-22-15-9-8-14-21(22)24(30)28(25)16-19-10-4-2-5-11-19/h2-15,18H,16-17H2,1H3,(H,26,29)/t18-/m0/s1. The molecule has 0 aliphatic rings. The number of carbonyl (C=O) groups is 1. The fourth-order valence-electron chi connectivity index (χ4n) is 3.40. The van der Waals surface area contributed by atoms with Gasteiger partial charge in [0.25, 0.3) is 5.56 Å². The third kappa shape index (κ3) is 5.03. The highest BCUT2D eigenvalue weighted by molar-refractivity contribution is 7.99. The Morgan fingerprint density at radius 2 is 1.61 bits per heavy atom. The summed E-state index contributed by atoms with van der Waals surface area (Å²) >= 11 is 1.28. The van der Waals surface area contributed by atoms with Crippen molar-refractivity contribution in [3.05, 3.63) is 106 Å². The van der Waals surface area contributed by atoms with Crippen LogP contribution in [0.15, 0.2) is 94.9 Å². The largest absolute Gasteiger partial charge is 0.349 e. The van der Waals surface area contributed by atoms with Crippen LogP contribution in [0.1, 0.15) is 24.1 Å². The van der Waals surface area contributed by atoms with Gasteiger partial charge in [-0.05, 0) is 30.2 Å². The number of carbonyl (C=O) groups excluding carboxylic acids is 1. The number of hydrogen-bond acceptors (Lipinski definition) is 4. The lowest BCUT2D eigenvalue weighted by Crippen LogP contribution is -2.29. The number of fused-ring (bicyclic) bond motifs is 1. The summed E-state index contributed by atoms with van der Waals surface area (Å²) in [6.07, 6.45) is 0. The first-order chi connectivity index (χ1) is 15.1. The van der Waals surface area contributed by atoms with Crippen molar-refractivity contribution in [2.45, 2.75) is 24.7 Å². The van der Waals surface area contributed by atoms with Crippen LogP contribution in [0.3, 0.4) is 0 Å². The van der Waals surface area contributed by atoms with Gasteiger partial charge >= 0.3 is 0 Å². The molecule has 0 spiro atoms. The average Bonchev–Trinajstić information content (AvgIpc) is 2.81. The second-order valence-electron chi connectivity index (χ2n) is 7.28. The zero-order valence-corrected chi connectivity index (χ0v) is 18.0. The monoisotopic (exact) mass is 429 g/mol. The van der Waals surface area contributed by atoms with Crippen LogP contribution in [0.5, 0.6) is 0 Å². The summed E-state index contributed by atoms with van der Waals surface area (Å²) < 4.78 is 1.65. The zero-order valence-electron chi connectivity index (χ0n) is 17.2. The Kier molecular flexibility index (Phi) is 6.48. The molecular formula is C25H23N3O2S. The molecule has 1 N–H and O–H groups in total. The van der Waals surface area contributed by atoms with Crippen LogP contribution in [0.4, 0.5) is 0 Å². The minimum atomic E-state index is -0.102. The molecule has 0 aliphatic heterocycles. The summed E-state index contributed by atoms with van der Waals surface area (Å²) in [7, 11) is 0. The van der Waals surface area contributed by atoms with Gasteiger partial charge in [0.1, 0.15) is 0 Å².